The lowest BCUT2D eigenvalue weighted by Gasteiger charge is -2.24. The number of benzene rings is 2. The van der Waals surface area contributed by atoms with E-state index in [0.717, 1.165) is 58.4 Å². The molecule has 3 N–H and O–H groups in total. The van der Waals surface area contributed by atoms with Crippen LogP contribution in [0.25, 0.3) is 17.1 Å². The minimum atomic E-state index is -0.298. The van der Waals surface area contributed by atoms with Crippen molar-refractivity contribution in [3.8, 4) is 22.8 Å². The Bertz CT molecular complexity index is 1690. The van der Waals surface area contributed by atoms with Gasteiger partial charge in [0, 0.05) is 47.7 Å². The molecule has 2 aromatic heterocycles. The summed E-state index contributed by atoms with van der Waals surface area (Å²) in [7, 11) is 1.67. The second-order valence-electron chi connectivity index (χ2n) is 12.2. The number of carbonyl (C=O) groups is 1. The standard InChI is InChI=1S/C34H39N7O2S/c1-3-39-16-13-34(21-39)14-17-40(22-34)15-12-23-4-7-25(8-5-23)36-33(42)28-19-41(38-32(28)35)30-11-6-24-20-44-29-18-26(43-2)9-10-27(29)31(24)37-30/h4-11,18-19H,3,12-17,20-22H2,1-2H3,(H2,35,38)(H,36,42). The number of anilines is 2. The molecule has 0 radical (unpaired) electrons. The third kappa shape index (κ3) is 5.69. The number of carbonyl (C=O) groups excluding carboxylic acids is 1. The number of methoxy groups -OCH3 is 1. The van der Waals surface area contributed by atoms with Gasteiger partial charge >= 0.3 is 0 Å². The zero-order valence-electron chi connectivity index (χ0n) is 25.4. The van der Waals surface area contributed by atoms with Crippen LogP contribution in [0.3, 0.4) is 0 Å². The third-order valence-corrected chi connectivity index (χ3v) is 10.5. The van der Waals surface area contributed by atoms with E-state index in [1.807, 2.05) is 36.4 Å². The Morgan fingerprint density at radius 2 is 1.86 bits per heavy atom. The van der Waals surface area contributed by atoms with Gasteiger partial charge in [-0.25, -0.2) is 9.67 Å². The van der Waals surface area contributed by atoms with E-state index in [2.05, 4.69) is 45.3 Å². The minimum absolute atomic E-state index is 0.159. The van der Waals surface area contributed by atoms with Gasteiger partial charge in [0.05, 0.1) is 12.8 Å². The van der Waals surface area contributed by atoms with Crippen LogP contribution in [0.15, 0.2) is 65.7 Å². The molecule has 7 rings (SSSR count). The highest BCUT2D eigenvalue weighted by Crippen LogP contribution is 2.42. The number of nitrogens with zero attached hydrogens (tertiary/aromatic N) is 5. The van der Waals surface area contributed by atoms with E-state index in [4.69, 9.17) is 15.5 Å². The van der Waals surface area contributed by atoms with E-state index in [-0.39, 0.29) is 11.7 Å². The molecule has 1 amide bonds. The first kappa shape index (κ1) is 28.9. The lowest BCUT2D eigenvalue weighted by atomic mass is 9.86. The van der Waals surface area contributed by atoms with Gasteiger partial charge in [-0.3, -0.25) is 4.79 Å². The average Bonchev–Trinajstić information content (AvgIpc) is 3.78. The highest BCUT2D eigenvalue weighted by Gasteiger charge is 2.42. The van der Waals surface area contributed by atoms with Gasteiger partial charge in [-0.1, -0.05) is 25.1 Å². The van der Waals surface area contributed by atoms with Gasteiger partial charge in [-0.2, -0.15) is 0 Å². The predicted molar refractivity (Wildman–Crippen MR) is 176 cm³/mol. The zero-order chi connectivity index (χ0) is 30.3. The summed E-state index contributed by atoms with van der Waals surface area (Å²) in [5.74, 6) is 2.11. The largest absolute Gasteiger partial charge is 0.497 e. The van der Waals surface area contributed by atoms with Gasteiger partial charge in [0.15, 0.2) is 11.6 Å². The summed E-state index contributed by atoms with van der Waals surface area (Å²) in [6, 6.07) is 18.1. The highest BCUT2D eigenvalue weighted by atomic mass is 32.2. The monoisotopic (exact) mass is 609 g/mol. The summed E-state index contributed by atoms with van der Waals surface area (Å²) in [5, 5.41) is 7.41. The summed E-state index contributed by atoms with van der Waals surface area (Å²) in [6.07, 6.45) is 5.31. The molecule has 0 bridgehead atoms. The minimum Gasteiger partial charge on any atom is -0.497 e. The number of nitrogens with two attached hydrogens (primary N) is 1. The van der Waals surface area contributed by atoms with Crippen molar-refractivity contribution in [3.05, 3.63) is 77.5 Å². The summed E-state index contributed by atoms with van der Waals surface area (Å²) in [5.41, 5.74) is 12.2. The maximum absolute atomic E-state index is 13.2. The molecule has 3 aliphatic heterocycles. The van der Waals surface area contributed by atoms with E-state index in [9.17, 15) is 4.79 Å². The fourth-order valence-electron chi connectivity index (χ4n) is 6.82. The van der Waals surface area contributed by atoms with E-state index in [1.165, 1.54) is 44.6 Å². The second kappa shape index (κ2) is 11.9. The van der Waals surface area contributed by atoms with Crippen LogP contribution in [0.5, 0.6) is 5.75 Å². The molecular weight excluding hydrogens is 570 g/mol. The number of nitrogens with one attached hydrogen (secondary N) is 1. The number of nitrogen functional groups attached to an aromatic ring is 1. The molecule has 2 aromatic carbocycles. The van der Waals surface area contributed by atoms with E-state index in [0.29, 0.717) is 16.8 Å². The van der Waals surface area contributed by atoms with Crippen LogP contribution < -0.4 is 15.8 Å². The number of likely N-dealkylation sites (tertiary alicyclic amines) is 2. The molecule has 0 aliphatic carbocycles. The molecule has 2 fully saturated rings. The third-order valence-electron chi connectivity index (χ3n) is 9.42. The number of aromatic nitrogens is 3. The van der Waals surface area contributed by atoms with Crippen molar-refractivity contribution in [2.75, 3.05) is 57.4 Å². The molecule has 1 unspecified atom stereocenters. The number of amides is 1. The van der Waals surface area contributed by atoms with Crippen LogP contribution >= 0.6 is 11.8 Å². The Hall–Kier alpha value is -3.86. The van der Waals surface area contributed by atoms with Gasteiger partial charge in [-0.05, 0) is 91.8 Å². The van der Waals surface area contributed by atoms with Crippen LogP contribution in [0.1, 0.15) is 41.3 Å². The fraction of sp³-hybridized carbons (Fsp3) is 0.382. The number of fused-ring (bicyclic) bond motifs is 3. The van der Waals surface area contributed by atoms with E-state index >= 15 is 0 Å². The summed E-state index contributed by atoms with van der Waals surface area (Å²) < 4.78 is 6.97. The summed E-state index contributed by atoms with van der Waals surface area (Å²) in [4.78, 5) is 24.5. The number of hydrogen-bond acceptors (Lipinski definition) is 8. The quantitative estimate of drug-likeness (QED) is 0.276. The summed E-state index contributed by atoms with van der Waals surface area (Å²) >= 11 is 1.77. The van der Waals surface area contributed by atoms with E-state index in [1.54, 1.807) is 29.8 Å². The van der Waals surface area contributed by atoms with Crippen LogP contribution in [0, 0.1) is 5.41 Å². The average molecular weight is 610 g/mol. The Morgan fingerprint density at radius 1 is 1.07 bits per heavy atom. The smallest absolute Gasteiger partial charge is 0.261 e. The van der Waals surface area contributed by atoms with Gasteiger partial charge < -0.3 is 25.6 Å². The Kier molecular flexibility index (Phi) is 7.82. The van der Waals surface area contributed by atoms with Crippen molar-refractivity contribution in [2.24, 2.45) is 5.41 Å². The molecular formula is C34H39N7O2S. The van der Waals surface area contributed by atoms with Gasteiger partial charge in [0.2, 0.25) is 0 Å². The Morgan fingerprint density at radius 3 is 2.64 bits per heavy atom. The fourth-order valence-corrected chi connectivity index (χ4v) is 7.89. The normalized spacial score (nSPS) is 19.7. The van der Waals surface area contributed by atoms with Crippen LogP contribution in [0.4, 0.5) is 11.5 Å². The number of pyridine rings is 1. The zero-order valence-corrected chi connectivity index (χ0v) is 26.2. The number of ether oxygens (including phenoxy) is 1. The number of thioether (sulfide) groups is 1. The predicted octanol–water partition coefficient (Wildman–Crippen LogP) is 5.34. The van der Waals surface area contributed by atoms with Gasteiger partial charge in [0.1, 0.15) is 11.3 Å². The molecule has 4 aromatic rings. The number of rotatable bonds is 8. The number of hydrogen-bond donors (Lipinski definition) is 2. The van der Waals surface area contributed by atoms with Crippen LogP contribution in [-0.2, 0) is 12.2 Å². The first-order chi connectivity index (χ1) is 21.4. The molecule has 228 valence electrons. The maximum Gasteiger partial charge on any atom is 0.261 e. The van der Waals surface area contributed by atoms with Gasteiger partial charge in [-0.15, -0.1) is 16.9 Å². The van der Waals surface area contributed by atoms with Crippen LogP contribution in [-0.4, -0.2) is 76.8 Å². The molecule has 5 heterocycles. The first-order valence-corrected chi connectivity index (χ1v) is 16.4. The molecule has 1 atom stereocenters. The van der Waals surface area contributed by atoms with Crippen molar-refractivity contribution >= 4 is 29.2 Å². The molecule has 9 nitrogen and oxygen atoms in total. The topological polar surface area (TPSA) is 102 Å². The Balaban J connectivity index is 0.984. The molecule has 10 heteroatoms. The van der Waals surface area contributed by atoms with Crippen molar-refractivity contribution in [1.29, 1.82) is 0 Å². The lowest BCUT2D eigenvalue weighted by molar-refractivity contribution is 0.102. The van der Waals surface area contributed by atoms with Crippen LogP contribution in [0.2, 0.25) is 0 Å². The Labute approximate surface area is 262 Å². The van der Waals surface area contributed by atoms with Crippen molar-refractivity contribution in [2.45, 2.75) is 36.8 Å². The second-order valence-corrected chi connectivity index (χ2v) is 13.3. The molecule has 2 saturated heterocycles. The SMILES string of the molecule is CCN1CCC2(CCN(CCc3ccc(NC(=O)c4cn(-c5ccc6c(n5)-c5ccc(OC)cc5SC6)nc4N)cc3)C2)C1. The highest BCUT2D eigenvalue weighted by molar-refractivity contribution is 7.98. The molecule has 1 spiro atoms. The van der Waals surface area contributed by atoms with Gasteiger partial charge in [0.25, 0.3) is 5.91 Å². The first-order valence-electron chi connectivity index (χ1n) is 15.4. The van der Waals surface area contributed by atoms with Crippen molar-refractivity contribution in [3.63, 3.8) is 0 Å². The molecule has 0 saturated carbocycles. The lowest BCUT2D eigenvalue weighted by Crippen LogP contribution is -2.31. The molecule has 3 aliphatic rings. The van der Waals surface area contributed by atoms with Crippen molar-refractivity contribution in [1.82, 2.24) is 24.6 Å². The van der Waals surface area contributed by atoms with E-state index < -0.39 is 0 Å². The van der Waals surface area contributed by atoms with Crippen molar-refractivity contribution < 1.29 is 9.53 Å². The molecule has 44 heavy (non-hydrogen) atoms. The maximum atomic E-state index is 13.2. The summed E-state index contributed by atoms with van der Waals surface area (Å²) in [6.45, 7) is 9.43.